The molecule has 0 radical (unpaired) electrons. The van der Waals surface area contributed by atoms with Crippen LogP contribution in [0.4, 0.5) is 0 Å². The Balaban J connectivity index is 1.31. The van der Waals surface area contributed by atoms with Gasteiger partial charge in [-0.3, -0.25) is 0 Å². The monoisotopic (exact) mass is 168 g/mol. The SMILES string of the molecule is C(CCCC1CO1)CCC1CC1. The first-order valence-corrected chi connectivity index (χ1v) is 5.57. The smallest absolute Gasteiger partial charge is 0.0810 e. The third kappa shape index (κ3) is 3.57. The number of hydrogen-bond acceptors (Lipinski definition) is 1. The topological polar surface area (TPSA) is 12.5 Å². The maximum atomic E-state index is 5.16. The molecule has 0 aromatic carbocycles. The first-order valence-electron chi connectivity index (χ1n) is 5.57. The Hall–Kier alpha value is -0.0400. The van der Waals surface area contributed by atoms with Crippen molar-refractivity contribution in [3.63, 3.8) is 0 Å². The molecule has 1 aliphatic heterocycles. The van der Waals surface area contributed by atoms with E-state index in [-0.39, 0.29) is 0 Å². The summed E-state index contributed by atoms with van der Waals surface area (Å²) in [5, 5.41) is 0. The second-order valence-electron chi connectivity index (χ2n) is 4.39. The molecule has 0 spiro atoms. The summed E-state index contributed by atoms with van der Waals surface area (Å²) >= 11 is 0. The zero-order valence-electron chi connectivity index (χ0n) is 7.93. The van der Waals surface area contributed by atoms with Crippen LogP contribution in [0.2, 0.25) is 0 Å². The van der Waals surface area contributed by atoms with Crippen LogP contribution >= 0.6 is 0 Å². The number of hydrogen-bond donors (Lipinski definition) is 0. The fraction of sp³-hybridized carbons (Fsp3) is 1.00. The highest BCUT2D eigenvalue weighted by molar-refractivity contribution is 4.72. The lowest BCUT2D eigenvalue weighted by Crippen LogP contribution is -1.86. The number of rotatable bonds is 7. The Morgan fingerprint density at radius 3 is 2.17 bits per heavy atom. The van der Waals surface area contributed by atoms with Gasteiger partial charge in [0, 0.05) is 0 Å². The van der Waals surface area contributed by atoms with Gasteiger partial charge in [-0.1, -0.05) is 44.9 Å². The van der Waals surface area contributed by atoms with E-state index in [0.717, 1.165) is 12.5 Å². The zero-order chi connectivity index (χ0) is 8.23. The minimum Gasteiger partial charge on any atom is -0.373 e. The van der Waals surface area contributed by atoms with E-state index < -0.39 is 0 Å². The Morgan fingerprint density at radius 1 is 0.917 bits per heavy atom. The molecule has 0 aromatic heterocycles. The largest absolute Gasteiger partial charge is 0.373 e. The Kier molecular flexibility index (Phi) is 3.04. The number of ether oxygens (including phenoxy) is 1. The van der Waals surface area contributed by atoms with Gasteiger partial charge in [0.2, 0.25) is 0 Å². The van der Waals surface area contributed by atoms with Gasteiger partial charge in [0.15, 0.2) is 0 Å². The van der Waals surface area contributed by atoms with E-state index in [9.17, 15) is 0 Å². The lowest BCUT2D eigenvalue weighted by atomic mass is 10.1. The van der Waals surface area contributed by atoms with Crippen molar-refractivity contribution >= 4 is 0 Å². The van der Waals surface area contributed by atoms with Crippen LogP contribution in [0.1, 0.15) is 51.4 Å². The Labute approximate surface area is 75.5 Å². The van der Waals surface area contributed by atoms with E-state index in [2.05, 4.69) is 0 Å². The first kappa shape index (κ1) is 8.55. The summed E-state index contributed by atoms with van der Waals surface area (Å²) in [5.41, 5.74) is 0. The molecule has 1 saturated carbocycles. The quantitative estimate of drug-likeness (QED) is 0.420. The molecule has 0 bridgehead atoms. The molecule has 1 aliphatic carbocycles. The fourth-order valence-corrected chi connectivity index (χ4v) is 1.80. The standard InChI is InChI=1S/C11H20O/c1(3-5-10-7-8-10)2-4-6-11-9-12-11/h10-11H,1-9H2. The van der Waals surface area contributed by atoms with E-state index in [1.807, 2.05) is 0 Å². The van der Waals surface area contributed by atoms with Gasteiger partial charge in [0.25, 0.3) is 0 Å². The van der Waals surface area contributed by atoms with Crippen LogP contribution in [0.3, 0.4) is 0 Å². The van der Waals surface area contributed by atoms with Crippen LogP contribution in [-0.4, -0.2) is 12.7 Å². The molecule has 70 valence electrons. The van der Waals surface area contributed by atoms with Gasteiger partial charge in [0.05, 0.1) is 12.7 Å². The third-order valence-corrected chi connectivity index (χ3v) is 2.99. The van der Waals surface area contributed by atoms with Gasteiger partial charge in [0.1, 0.15) is 0 Å². The van der Waals surface area contributed by atoms with E-state index in [1.165, 1.54) is 51.4 Å². The summed E-state index contributed by atoms with van der Waals surface area (Å²) in [5.74, 6) is 1.14. The molecule has 0 aromatic rings. The van der Waals surface area contributed by atoms with E-state index in [1.54, 1.807) is 0 Å². The molecule has 1 atom stereocenters. The molecule has 1 unspecified atom stereocenters. The predicted molar refractivity (Wildman–Crippen MR) is 50.2 cm³/mol. The molecular formula is C11H20O. The molecule has 0 amide bonds. The average molecular weight is 168 g/mol. The highest BCUT2D eigenvalue weighted by Gasteiger charge is 2.21. The number of epoxide rings is 1. The highest BCUT2D eigenvalue weighted by Crippen LogP contribution is 2.34. The minimum absolute atomic E-state index is 0.661. The second kappa shape index (κ2) is 4.27. The van der Waals surface area contributed by atoms with Crippen molar-refractivity contribution in [3.8, 4) is 0 Å². The van der Waals surface area contributed by atoms with Crippen LogP contribution in [0.5, 0.6) is 0 Å². The lowest BCUT2D eigenvalue weighted by Gasteiger charge is -1.98. The second-order valence-corrected chi connectivity index (χ2v) is 4.39. The number of unbranched alkanes of at least 4 members (excludes halogenated alkanes) is 3. The average Bonchev–Trinajstić information content (AvgIpc) is 2.89. The Bertz CT molecular complexity index is 109. The predicted octanol–water partition coefficient (Wildman–Crippen LogP) is 3.14. The summed E-state index contributed by atoms with van der Waals surface area (Å²) in [6, 6.07) is 0. The molecular weight excluding hydrogens is 148 g/mol. The van der Waals surface area contributed by atoms with Gasteiger partial charge < -0.3 is 4.74 Å². The van der Waals surface area contributed by atoms with Gasteiger partial charge in [-0.05, 0) is 12.3 Å². The summed E-state index contributed by atoms with van der Waals surface area (Å²) < 4.78 is 5.16. The molecule has 2 rings (SSSR count). The molecule has 0 N–H and O–H groups in total. The van der Waals surface area contributed by atoms with Crippen molar-refractivity contribution < 1.29 is 4.74 Å². The van der Waals surface area contributed by atoms with Crippen molar-refractivity contribution in [1.82, 2.24) is 0 Å². The summed E-state index contributed by atoms with van der Waals surface area (Å²) in [6.45, 7) is 1.04. The highest BCUT2D eigenvalue weighted by atomic mass is 16.6. The lowest BCUT2D eigenvalue weighted by molar-refractivity contribution is 0.387. The Morgan fingerprint density at radius 2 is 1.58 bits per heavy atom. The van der Waals surface area contributed by atoms with Crippen LogP contribution in [0.25, 0.3) is 0 Å². The van der Waals surface area contributed by atoms with Crippen LogP contribution < -0.4 is 0 Å². The fourth-order valence-electron chi connectivity index (χ4n) is 1.80. The van der Waals surface area contributed by atoms with E-state index >= 15 is 0 Å². The molecule has 1 heterocycles. The molecule has 1 saturated heterocycles. The summed E-state index contributed by atoms with van der Waals surface area (Å²) in [7, 11) is 0. The molecule has 12 heavy (non-hydrogen) atoms. The van der Waals surface area contributed by atoms with E-state index in [4.69, 9.17) is 4.74 Å². The van der Waals surface area contributed by atoms with Gasteiger partial charge in [-0.15, -0.1) is 0 Å². The molecule has 1 nitrogen and oxygen atoms in total. The molecule has 2 fully saturated rings. The third-order valence-electron chi connectivity index (χ3n) is 2.99. The summed E-state index contributed by atoms with van der Waals surface area (Å²) in [6.07, 6.45) is 12.3. The van der Waals surface area contributed by atoms with E-state index in [0.29, 0.717) is 6.10 Å². The van der Waals surface area contributed by atoms with Gasteiger partial charge >= 0.3 is 0 Å². The van der Waals surface area contributed by atoms with Crippen molar-refractivity contribution in [2.24, 2.45) is 5.92 Å². The van der Waals surface area contributed by atoms with Gasteiger partial charge in [-0.2, -0.15) is 0 Å². The minimum atomic E-state index is 0.661. The normalized spacial score (nSPS) is 27.5. The van der Waals surface area contributed by atoms with Crippen molar-refractivity contribution in [2.75, 3.05) is 6.61 Å². The zero-order valence-corrected chi connectivity index (χ0v) is 7.93. The van der Waals surface area contributed by atoms with Crippen molar-refractivity contribution in [1.29, 1.82) is 0 Å². The van der Waals surface area contributed by atoms with Gasteiger partial charge in [-0.25, -0.2) is 0 Å². The molecule has 2 aliphatic rings. The van der Waals surface area contributed by atoms with Crippen molar-refractivity contribution in [3.05, 3.63) is 0 Å². The summed E-state index contributed by atoms with van der Waals surface area (Å²) in [4.78, 5) is 0. The maximum absolute atomic E-state index is 5.16. The van der Waals surface area contributed by atoms with Crippen LogP contribution in [0.15, 0.2) is 0 Å². The molecule has 1 heteroatoms. The maximum Gasteiger partial charge on any atom is 0.0810 e. The first-order chi connectivity index (χ1) is 5.95. The van der Waals surface area contributed by atoms with Crippen molar-refractivity contribution in [2.45, 2.75) is 57.5 Å². The van der Waals surface area contributed by atoms with Crippen LogP contribution in [-0.2, 0) is 4.74 Å². The van der Waals surface area contributed by atoms with Crippen LogP contribution in [0, 0.1) is 5.92 Å².